The van der Waals surface area contributed by atoms with Gasteiger partial charge in [-0.25, -0.2) is 4.39 Å². The maximum atomic E-state index is 13.6. The van der Waals surface area contributed by atoms with Crippen LogP contribution in [0.1, 0.15) is 24.2 Å². The topological polar surface area (TPSA) is 67.4 Å². The van der Waals surface area contributed by atoms with E-state index in [0.717, 1.165) is 6.07 Å². The van der Waals surface area contributed by atoms with Crippen LogP contribution in [-0.2, 0) is 4.79 Å². The Labute approximate surface area is 150 Å². The summed E-state index contributed by atoms with van der Waals surface area (Å²) in [5.41, 5.74) is 0.389. The zero-order valence-electron chi connectivity index (χ0n) is 13.8. The smallest absolute Gasteiger partial charge is 0.251 e. The second-order valence-corrected chi connectivity index (χ2v) is 5.98. The molecule has 2 N–H and O–H groups in total. The molecule has 0 aliphatic heterocycles. The number of rotatable bonds is 6. The van der Waals surface area contributed by atoms with Crippen LogP contribution in [0.25, 0.3) is 0 Å². The van der Waals surface area contributed by atoms with Crippen LogP contribution in [0, 0.1) is 5.82 Å². The number of hydrogen-bond donors (Lipinski definition) is 2. The van der Waals surface area contributed by atoms with Crippen LogP contribution in [0.5, 0.6) is 5.75 Å². The number of carbonyl (C=O) groups is 2. The molecule has 5 nitrogen and oxygen atoms in total. The Bertz CT molecular complexity index is 763. The van der Waals surface area contributed by atoms with Gasteiger partial charge in [0.05, 0.1) is 18.3 Å². The molecule has 0 spiro atoms. The van der Waals surface area contributed by atoms with E-state index >= 15 is 0 Å². The van der Waals surface area contributed by atoms with Crippen molar-refractivity contribution in [2.75, 3.05) is 11.9 Å². The third-order valence-electron chi connectivity index (χ3n) is 3.10. The second-order valence-electron chi connectivity index (χ2n) is 5.55. The summed E-state index contributed by atoms with van der Waals surface area (Å²) in [6.07, 6.45) is 0.0386. The van der Waals surface area contributed by atoms with Crippen molar-refractivity contribution in [1.82, 2.24) is 5.32 Å². The minimum atomic E-state index is -0.645. The first kappa shape index (κ1) is 18.7. The van der Waals surface area contributed by atoms with E-state index in [1.807, 2.05) is 13.8 Å². The van der Waals surface area contributed by atoms with E-state index in [4.69, 9.17) is 16.3 Å². The molecule has 0 aromatic heterocycles. The molecule has 0 aliphatic carbocycles. The number of anilines is 1. The third kappa shape index (κ3) is 5.76. The molecule has 7 heteroatoms. The summed E-state index contributed by atoms with van der Waals surface area (Å²) in [5.74, 6) is -0.951. The van der Waals surface area contributed by atoms with E-state index in [1.54, 1.807) is 24.3 Å². The highest BCUT2D eigenvalue weighted by Gasteiger charge is 2.11. The molecule has 0 heterocycles. The van der Waals surface area contributed by atoms with Gasteiger partial charge < -0.3 is 15.4 Å². The van der Waals surface area contributed by atoms with Gasteiger partial charge in [0.1, 0.15) is 11.6 Å². The number of ether oxygens (including phenoxy) is 1. The summed E-state index contributed by atoms with van der Waals surface area (Å²) in [5, 5.41) is 5.07. The molecule has 0 bridgehead atoms. The van der Waals surface area contributed by atoms with Gasteiger partial charge in [-0.05, 0) is 56.3 Å². The molecule has 0 fully saturated rings. The summed E-state index contributed by atoms with van der Waals surface area (Å²) >= 11 is 5.64. The molecule has 2 aromatic rings. The Morgan fingerprint density at radius 3 is 2.44 bits per heavy atom. The second kappa shape index (κ2) is 8.48. The molecule has 2 amide bonds. The average molecular weight is 365 g/mol. The lowest BCUT2D eigenvalue weighted by molar-refractivity contribution is -0.115. The number of nitrogens with one attached hydrogen (secondary N) is 2. The normalized spacial score (nSPS) is 10.4. The number of benzene rings is 2. The monoisotopic (exact) mass is 364 g/mol. The van der Waals surface area contributed by atoms with E-state index in [0.29, 0.717) is 11.3 Å². The molecule has 0 saturated heterocycles. The molecule has 0 atom stereocenters. The Kier molecular flexibility index (Phi) is 6.36. The number of amides is 2. The van der Waals surface area contributed by atoms with Gasteiger partial charge in [-0.3, -0.25) is 9.59 Å². The van der Waals surface area contributed by atoms with Crippen molar-refractivity contribution in [3.63, 3.8) is 0 Å². The van der Waals surface area contributed by atoms with Crippen molar-refractivity contribution in [2.45, 2.75) is 20.0 Å². The molecular weight excluding hydrogens is 347 g/mol. The Morgan fingerprint density at radius 1 is 1.16 bits per heavy atom. The zero-order chi connectivity index (χ0) is 18.4. The van der Waals surface area contributed by atoms with Crippen molar-refractivity contribution in [3.05, 3.63) is 58.9 Å². The highest BCUT2D eigenvalue weighted by molar-refractivity contribution is 6.30. The number of carbonyl (C=O) groups excluding carboxylic acids is 2. The first-order valence-electron chi connectivity index (χ1n) is 7.65. The fourth-order valence-electron chi connectivity index (χ4n) is 2.00. The van der Waals surface area contributed by atoms with Crippen LogP contribution in [0.2, 0.25) is 5.02 Å². The fraction of sp³-hybridized carbons (Fsp3) is 0.222. The molecule has 132 valence electrons. The molecule has 2 aromatic carbocycles. The first-order valence-corrected chi connectivity index (χ1v) is 8.03. The molecule has 0 saturated carbocycles. The van der Waals surface area contributed by atoms with Gasteiger partial charge in [-0.1, -0.05) is 11.6 Å². The zero-order valence-corrected chi connectivity index (χ0v) is 14.6. The fourth-order valence-corrected chi connectivity index (χ4v) is 2.16. The van der Waals surface area contributed by atoms with Crippen LogP contribution in [0.15, 0.2) is 42.5 Å². The van der Waals surface area contributed by atoms with Gasteiger partial charge in [-0.15, -0.1) is 0 Å². The average Bonchev–Trinajstić information content (AvgIpc) is 2.55. The van der Waals surface area contributed by atoms with Gasteiger partial charge in [-0.2, -0.15) is 0 Å². The van der Waals surface area contributed by atoms with Crippen molar-refractivity contribution >= 4 is 29.1 Å². The summed E-state index contributed by atoms with van der Waals surface area (Å²) in [6.45, 7) is 3.52. The molecular formula is C18H18ClFN2O3. The molecule has 0 unspecified atom stereocenters. The Morgan fingerprint density at radius 2 is 1.84 bits per heavy atom. The first-order chi connectivity index (χ1) is 11.8. The van der Waals surface area contributed by atoms with Crippen LogP contribution >= 0.6 is 11.6 Å². The molecule has 2 rings (SSSR count). The number of hydrogen-bond acceptors (Lipinski definition) is 3. The predicted molar refractivity (Wildman–Crippen MR) is 94.6 cm³/mol. The van der Waals surface area contributed by atoms with E-state index in [-0.39, 0.29) is 23.4 Å². The van der Waals surface area contributed by atoms with Crippen molar-refractivity contribution in [1.29, 1.82) is 0 Å². The lowest BCUT2D eigenvalue weighted by Gasteiger charge is -2.10. The quantitative estimate of drug-likeness (QED) is 0.822. The maximum absolute atomic E-state index is 13.6. The third-order valence-corrected chi connectivity index (χ3v) is 3.34. The van der Waals surface area contributed by atoms with Gasteiger partial charge >= 0.3 is 0 Å². The highest BCUT2D eigenvalue weighted by atomic mass is 35.5. The number of halogens is 2. The van der Waals surface area contributed by atoms with Crippen molar-refractivity contribution in [2.24, 2.45) is 0 Å². The molecule has 25 heavy (non-hydrogen) atoms. The lowest BCUT2D eigenvalue weighted by atomic mass is 10.2. The predicted octanol–water partition coefficient (Wildman–Crippen LogP) is 3.63. The maximum Gasteiger partial charge on any atom is 0.251 e. The van der Waals surface area contributed by atoms with Gasteiger partial charge in [0.2, 0.25) is 5.91 Å². The summed E-state index contributed by atoms with van der Waals surface area (Å²) < 4.78 is 19.1. The summed E-state index contributed by atoms with van der Waals surface area (Å²) in [7, 11) is 0. The standard InChI is InChI=1S/C18H18ClFN2O3/c1-11(2)25-14-6-3-12(4-7-14)18(24)21-10-17(23)22-16-8-5-13(19)9-15(16)20/h3-9,11H,10H2,1-2H3,(H,21,24)(H,22,23). The van der Waals surface area contributed by atoms with E-state index in [1.165, 1.54) is 12.1 Å². The van der Waals surface area contributed by atoms with Crippen LogP contribution in [0.4, 0.5) is 10.1 Å². The van der Waals surface area contributed by atoms with Gasteiger partial charge in [0.25, 0.3) is 5.91 Å². The Balaban J connectivity index is 1.87. The van der Waals surface area contributed by atoms with E-state index in [9.17, 15) is 14.0 Å². The lowest BCUT2D eigenvalue weighted by Crippen LogP contribution is -2.33. The van der Waals surface area contributed by atoms with Crippen LogP contribution < -0.4 is 15.4 Å². The highest BCUT2D eigenvalue weighted by Crippen LogP contribution is 2.18. The molecule has 0 radical (unpaired) electrons. The van der Waals surface area contributed by atoms with Crippen LogP contribution in [-0.4, -0.2) is 24.5 Å². The van der Waals surface area contributed by atoms with Gasteiger partial charge in [0.15, 0.2) is 0 Å². The van der Waals surface area contributed by atoms with Gasteiger partial charge in [0, 0.05) is 10.6 Å². The molecule has 0 aliphatic rings. The summed E-state index contributed by atoms with van der Waals surface area (Å²) in [6, 6.07) is 10.5. The summed E-state index contributed by atoms with van der Waals surface area (Å²) in [4.78, 5) is 23.8. The van der Waals surface area contributed by atoms with E-state index < -0.39 is 17.6 Å². The van der Waals surface area contributed by atoms with E-state index in [2.05, 4.69) is 10.6 Å². The van der Waals surface area contributed by atoms with Crippen molar-refractivity contribution in [3.8, 4) is 5.75 Å². The van der Waals surface area contributed by atoms with Crippen molar-refractivity contribution < 1.29 is 18.7 Å². The minimum absolute atomic E-state index is 0.00108. The van der Waals surface area contributed by atoms with Crippen LogP contribution in [0.3, 0.4) is 0 Å². The Hall–Kier alpha value is -2.60. The largest absolute Gasteiger partial charge is 0.491 e. The minimum Gasteiger partial charge on any atom is -0.491 e. The SMILES string of the molecule is CC(C)Oc1ccc(C(=O)NCC(=O)Nc2ccc(Cl)cc2F)cc1.